The van der Waals surface area contributed by atoms with Gasteiger partial charge in [-0.3, -0.25) is 19.3 Å². The summed E-state index contributed by atoms with van der Waals surface area (Å²) >= 11 is 0.710. The lowest BCUT2D eigenvalue weighted by Crippen LogP contribution is -2.44. The molecule has 4 rings (SSSR count). The second-order valence-corrected chi connectivity index (χ2v) is 9.18. The predicted molar refractivity (Wildman–Crippen MR) is 146 cm³/mol. The number of carbonyl (C=O) groups excluding carboxylic acids is 3. The Balaban J connectivity index is 1.80. The number of rotatable bonds is 10. The van der Waals surface area contributed by atoms with Gasteiger partial charge in [0.15, 0.2) is 11.7 Å². The molecule has 1 atom stereocenters. The number of ether oxygens (including phenoxy) is 2. The van der Waals surface area contributed by atoms with Crippen molar-refractivity contribution >= 4 is 40.6 Å². The minimum absolute atomic E-state index is 0.0639. The molecular weight excluding hydrogens is 522 g/mol. The van der Waals surface area contributed by atoms with Gasteiger partial charge in [0.25, 0.3) is 17.7 Å². The van der Waals surface area contributed by atoms with Gasteiger partial charge in [-0.1, -0.05) is 24.3 Å². The molecule has 0 aliphatic carbocycles. The number of methoxy groups -OCH3 is 2. The SMILES string of the molecule is COc1ccc(CNC(=O)[C@@H](c2ccc(C)o2)N(C(=O)c2snc(C(N)=O)c2N)c2ccccc2OC)cc1. The molecule has 3 amide bonds. The van der Waals surface area contributed by atoms with Gasteiger partial charge < -0.3 is 30.7 Å². The number of aryl methyl sites for hydroxylation is 1. The number of furan rings is 1. The van der Waals surface area contributed by atoms with Crippen LogP contribution in [0.2, 0.25) is 0 Å². The average molecular weight is 550 g/mol. The van der Waals surface area contributed by atoms with E-state index in [1.54, 1.807) is 62.6 Å². The first-order valence-corrected chi connectivity index (χ1v) is 12.5. The van der Waals surface area contributed by atoms with Crippen molar-refractivity contribution < 1.29 is 28.3 Å². The molecule has 0 saturated heterocycles. The Morgan fingerprint density at radius 3 is 2.36 bits per heavy atom. The molecule has 0 bridgehead atoms. The van der Waals surface area contributed by atoms with E-state index in [0.717, 1.165) is 5.56 Å². The Bertz CT molecular complexity index is 1500. The molecule has 4 aromatic rings. The molecule has 11 nitrogen and oxygen atoms in total. The van der Waals surface area contributed by atoms with Gasteiger partial charge in [0.2, 0.25) is 0 Å². The zero-order valence-electron chi connectivity index (χ0n) is 21.5. The van der Waals surface area contributed by atoms with Crippen LogP contribution in [0.4, 0.5) is 11.4 Å². The first kappa shape index (κ1) is 27.2. The van der Waals surface area contributed by atoms with Crippen LogP contribution in [-0.4, -0.2) is 36.3 Å². The highest BCUT2D eigenvalue weighted by molar-refractivity contribution is 7.09. The highest BCUT2D eigenvalue weighted by atomic mass is 32.1. The molecule has 5 N–H and O–H groups in total. The van der Waals surface area contributed by atoms with E-state index >= 15 is 0 Å². The number of nitrogens with one attached hydrogen (secondary N) is 1. The molecule has 39 heavy (non-hydrogen) atoms. The van der Waals surface area contributed by atoms with Crippen molar-refractivity contribution in [2.24, 2.45) is 5.73 Å². The summed E-state index contributed by atoms with van der Waals surface area (Å²) in [6.45, 7) is 1.90. The lowest BCUT2D eigenvalue weighted by molar-refractivity contribution is -0.123. The van der Waals surface area contributed by atoms with Crippen molar-refractivity contribution in [2.45, 2.75) is 19.5 Å². The molecule has 0 spiro atoms. The molecule has 2 aromatic carbocycles. The second kappa shape index (κ2) is 11.7. The monoisotopic (exact) mass is 549 g/mol. The van der Waals surface area contributed by atoms with E-state index in [1.807, 2.05) is 12.1 Å². The van der Waals surface area contributed by atoms with Gasteiger partial charge in [-0.05, 0) is 60.4 Å². The average Bonchev–Trinajstić information content (AvgIpc) is 3.55. The van der Waals surface area contributed by atoms with Crippen molar-refractivity contribution in [1.29, 1.82) is 0 Å². The summed E-state index contributed by atoms with van der Waals surface area (Å²) in [5.41, 5.74) is 12.2. The highest BCUT2D eigenvalue weighted by Crippen LogP contribution is 2.38. The molecule has 0 aliphatic heterocycles. The van der Waals surface area contributed by atoms with E-state index in [4.69, 9.17) is 25.4 Å². The molecule has 2 heterocycles. The Morgan fingerprint density at radius 1 is 1.05 bits per heavy atom. The molecule has 202 valence electrons. The third-order valence-electron chi connectivity index (χ3n) is 5.88. The summed E-state index contributed by atoms with van der Waals surface area (Å²) < 4.78 is 20.5. The predicted octanol–water partition coefficient (Wildman–Crippen LogP) is 3.45. The maximum absolute atomic E-state index is 14.1. The Kier molecular flexibility index (Phi) is 8.15. The quantitative estimate of drug-likeness (QED) is 0.271. The molecule has 12 heteroatoms. The fraction of sp³-hybridized carbons (Fsp3) is 0.185. The number of hydrogen-bond acceptors (Lipinski definition) is 9. The van der Waals surface area contributed by atoms with Crippen molar-refractivity contribution in [1.82, 2.24) is 9.69 Å². The van der Waals surface area contributed by atoms with Gasteiger partial charge in [0.05, 0.1) is 25.6 Å². The minimum Gasteiger partial charge on any atom is -0.497 e. The summed E-state index contributed by atoms with van der Waals surface area (Å²) in [6.07, 6.45) is 0. The number of para-hydroxylation sites is 2. The first-order chi connectivity index (χ1) is 18.7. The van der Waals surface area contributed by atoms with Crippen LogP contribution in [-0.2, 0) is 11.3 Å². The normalized spacial score (nSPS) is 11.5. The lowest BCUT2D eigenvalue weighted by Gasteiger charge is -2.30. The number of aromatic nitrogens is 1. The van der Waals surface area contributed by atoms with Crippen LogP contribution in [0.5, 0.6) is 11.5 Å². The number of benzene rings is 2. The summed E-state index contributed by atoms with van der Waals surface area (Å²) in [6, 6.07) is 15.9. The zero-order valence-corrected chi connectivity index (χ0v) is 22.3. The van der Waals surface area contributed by atoms with Gasteiger partial charge in [0.1, 0.15) is 27.9 Å². The number of nitrogens with zero attached hydrogens (tertiary/aromatic N) is 2. The fourth-order valence-electron chi connectivity index (χ4n) is 3.94. The number of nitrogen functional groups attached to an aromatic ring is 1. The van der Waals surface area contributed by atoms with E-state index in [2.05, 4.69) is 9.69 Å². The minimum atomic E-state index is -1.28. The first-order valence-electron chi connectivity index (χ1n) is 11.7. The topological polar surface area (TPSA) is 163 Å². The maximum Gasteiger partial charge on any atom is 0.273 e. The van der Waals surface area contributed by atoms with Gasteiger partial charge in [-0.15, -0.1) is 0 Å². The number of carbonyl (C=O) groups is 3. The Labute approximate surface area is 228 Å². The van der Waals surface area contributed by atoms with E-state index in [-0.39, 0.29) is 34.3 Å². The maximum atomic E-state index is 14.1. The molecular formula is C27H27N5O6S. The molecule has 0 unspecified atom stereocenters. The molecule has 0 radical (unpaired) electrons. The number of anilines is 2. The highest BCUT2D eigenvalue weighted by Gasteiger charge is 2.39. The van der Waals surface area contributed by atoms with Crippen molar-refractivity contribution in [3.63, 3.8) is 0 Å². The third kappa shape index (κ3) is 5.70. The van der Waals surface area contributed by atoms with Crippen molar-refractivity contribution in [2.75, 3.05) is 24.9 Å². The summed E-state index contributed by atoms with van der Waals surface area (Å²) in [5, 5.41) is 2.88. The van der Waals surface area contributed by atoms with E-state index in [9.17, 15) is 14.4 Å². The van der Waals surface area contributed by atoms with Gasteiger partial charge in [-0.25, -0.2) is 0 Å². The standard InChI is InChI=1S/C27H27N5O6S/c1-15-8-13-20(38-15)23(26(34)30-14-16-9-11-17(36-2)12-10-16)32(18-6-4-5-7-19(18)37-3)27(35)24-21(28)22(25(29)33)31-39-24/h4-13,23H,14,28H2,1-3H3,(H2,29,33)(H,30,34)/t23-/m1/s1. The van der Waals surface area contributed by atoms with Crippen LogP contribution >= 0.6 is 11.5 Å². The Morgan fingerprint density at radius 2 is 1.77 bits per heavy atom. The zero-order chi connectivity index (χ0) is 28.1. The smallest absolute Gasteiger partial charge is 0.273 e. The molecule has 0 saturated carbocycles. The van der Waals surface area contributed by atoms with Crippen LogP contribution in [0.15, 0.2) is 65.1 Å². The van der Waals surface area contributed by atoms with Crippen LogP contribution in [0.1, 0.15) is 43.3 Å². The van der Waals surface area contributed by atoms with Crippen molar-refractivity contribution in [3.8, 4) is 11.5 Å². The fourth-order valence-corrected chi connectivity index (χ4v) is 4.68. The van der Waals surface area contributed by atoms with Crippen LogP contribution < -0.4 is 31.2 Å². The van der Waals surface area contributed by atoms with Crippen LogP contribution in [0.3, 0.4) is 0 Å². The Hall–Kier alpha value is -4.84. The largest absolute Gasteiger partial charge is 0.497 e. The van der Waals surface area contributed by atoms with Gasteiger partial charge in [-0.2, -0.15) is 4.37 Å². The van der Waals surface area contributed by atoms with E-state index in [0.29, 0.717) is 28.8 Å². The summed E-state index contributed by atoms with van der Waals surface area (Å²) in [5.74, 6) is -0.351. The van der Waals surface area contributed by atoms with E-state index < -0.39 is 23.8 Å². The molecule has 2 aromatic heterocycles. The summed E-state index contributed by atoms with van der Waals surface area (Å²) in [7, 11) is 3.02. The third-order valence-corrected chi connectivity index (χ3v) is 6.73. The van der Waals surface area contributed by atoms with Crippen LogP contribution in [0.25, 0.3) is 0 Å². The number of hydrogen-bond donors (Lipinski definition) is 3. The lowest BCUT2D eigenvalue weighted by atomic mass is 10.1. The number of amides is 3. The van der Waals surface area contributed by atoms with Crippen molar-refractivity contribution in [3.05, 3.63) is 88.3 Å². The van der Waals surface area contributed by atoms with E-state index in [1.165, 1.54) is 12.0 Å². The van der Waals surface area contributed by atoms with Crippen LogP contribution in [0, 0.1) is 6.92 Å². The molecule has 0 aliphatic rings. The second-order valence-electron chi connectivity index (χ2n) is 8.40. The number of primary amides is 1. The van der Waals surface area contributed by atoms with Gasteiger partial charge >= 0.3 is 0 Å². The molecule has 0 fully saturated rings. The summed E-state index contributed by atoms with van der Waals surface area (Å²) in [4.78, 5) is 40.9. The number of nitrogens with two attached hydrogens (primary N) is 2. The van der Waals surface area contributed by atoms with Gasteiger partial charge in [0, 0.05) is 6.54 Å².